The quantitative estimate of drug-likeness (QED) is 0.677. The topological polar surface area (TPSA) is 34.9 Å². The Labute approximate surface area is 81.7 Å². The molecule has 4 heteroatoms. The standard InChI is InChI=1S/C9H11ClN2O/c1-6-7(8(10)12(2)11-6)9(5-13)3-4-9/h5H,3-4H2,1-2H3. The molecule has 0 atom stereocenters. The van der Waals surface area contributed by atoms with E-state index in [9.17, 15) is 4.79 Å². The number of hydrogen-bond acceptors (Lipinski definition) is 2. The maximum Gasteiger partial charge on any atom is 0.131 e. The summed E-state index contributed by atoms with van der Waals surface area (Å²) in [6.07, 6.45) is 2.81. The van der Waals surface area contributed by atoms with Crippen molar-refractivity contribution in [3.05, 3.63) is 16.4 Å². The van der Waals surface area contributed by atoms with Crippen LogP contribution in [0.4, 0.5) is 0 Å². The summed E-state index contributed by atoms with van der Waals surface area (Å²) in [5.74, 6) is 0. The average Bonchev–Trinajstić information content (AvgIpc) is 2.81. The number of carbonyl (C=O) groups excluding carboxylic acids is 1. The molecule has 0 saturated heterocycles. The summed E-state index contributed by atoms with van der Waals surface area (Å²) < 4.78 is 1.62. The van der Waals surface area contributed by atoms with E-state index in [2.05, 4.69) is 5.10 Å². The summed E-state index contributed by atoms with van der Waals surface area (Å²) >= 11 is 6.06. The number of halogens is 1. The molecular weight excluding hydrogens is 188 g/mol. The fourth-order valence-electron chi connectivity index (χ4n) is 1.76. The van der Waals surface area contributed by atoms with Crippen LogP contribution in [0, 0.1) is 6.92 Å². The summed E-state index contributed by atoms with van der Waals surface area (Å²) in [5, 5.41) is 4.79. The molecule has 0 spiro atoms. The highest BCUT2D eigenvalue weighted by molar-refractivity contribution is 6.30. The molecule has 1 heterocycles. The van der Waals surface area contributed by atoms with Crippen molar-refractivity contribution in [3.8, 4) is 0 Å². The Balaban J connectivity index is 2.56. The molecule has 1 fully saturated rings. The molecule has 2 rings (SSSR count). The van der Waals surface area contributed by atoms with Gasteiger partial charge in [0.25, 0.3) is 0 Å². The normalized spacial score (nSPS) is 18.7. The molecule has 0 radical (unpaired) electrons. The van der Waals surface area contributed by atoms with Crippen molar-refractivity contribution in [2.45, 2.75) is 25.2 Å². The molecule has 1 aromatic rings. The van der Waals surface area contributed by atoms with E-state index in [1.165, 1.54) is 0 Å². The summed E-state index contributed by atoms with van der Waals surface area (Å²) in [6.45, 7) is 1.89. The first-order valence-corrected chi connectivity index (χ1v) is 4.64. The highest BCUT2D eigenvalue weighted by Gasteiger charge is 2.48. The van der Waals surface area contributed by atoms with Gasteiger partial charge in [-0.2, -0.15) is 5.10 Å². The Kier molecular flexibility index (Phi) is 1.74. The van der Waals surface area contributed by atoms with Crippen LogP contribution in [0.25, 0.3) is 0 Å². The van der Waals surface area contributed by atoms with Crippen molar-refractivity contribution >= 4 is 17.9 Å². The first kappa shape index (κ1) is 8.75. The van der Waals surface area contributed by atoms with Crippen molar-refractivity contribution in [1.82, 2.24) is 9.78 Å². The molecule has 1 aliphatic rings. The van der Waals surface area contributed by atoms with Crippen molar-refractivity contribution in [2.75, 3.05) is 0 Å². The zero-order valence-corrected chi connectivity index (χ0v) is 8.43. The lowest BCUT2D eigenvalue weighted by Crippen LogP contribution is -2.09. The van der Waals surface area contributed by atoms with Crippen molar-refractivity contribution < 1.29 is 4.79 Å². The molecule has 70 valence electrons. The van der Waals surface area contributed by atoms with Crippen LogP contribution < -0.4 is 0 Å². The SMILES string of the molecule is Cc1nn(C)c(Cl)c1C1(C=O)CC1. The van der Waals surface area contributed by atoms with E-state index < -0.39 is 0 Å². The van der Waals surface area contributed by atoms with Gasteiger partial charge in [-0.3, -0.25) is 4.68 Å². The molecule has 1 saturated carbocycles. The molecule has 0 N–H and O–H groups in total. The predicted molar refractivity (Wildman–Crippen MR) is 49.9 cm³/mol. The number of rotatable bonds is 2. The fraction of sp³-hybridized carbons (Fsp3) is 0.556. The smallest absolute Gasteiger partial charge is 0.131 e. The van der Waals surface area contributed by atoms with Gasteiger partial charge < -0.3 is 4.79 Å². The van der Waals surface area contributed by atoms with E-state index in [1.807, 2.05) is 6.92 Å². The maximum atomic E-state index is 10.9. The lowest BCUT2D eigenvalue weighted by molar-refractivity contribution is -0.109. The Morgan fingerprint density at radius 2 is 2.23 bits per heavy atom. The third-order valence-corrected chi connectivity index (χ3v) is 3.10. The molecule has 1 aromatic heterocycles. The highest BCUT2D eigenvalue weighted by Crippen LogP contribution is 2.49. The molecule has 0 bridgehead atoms. The van der Waals surface area contributed by atoms with E-state index in [0.29, 0.717) is 5.15 Å². The van der Waals surface area contributed by atoms with Gasteiger partial charge in [0, 0.05) is 12.6 Å². The van der Waals surface area contributed by atoms with E-state index >= 15 is 0 Å². The van der Waals surface area contributed by atoms with Gasteiger partial charge in [-0.05, 0) is 19.8 Å². The van der Waals surface area contributed by atoms with Gasteiger partial charge in [0.2, 0.25) is 0 Å². The van der Waals surface area contributed by atoms with Gasteiger partial charge in [-0.1, -0.05) is 11.6 Å². The zero-order chi connectivity index (χ0) is 9.64. The van der Waals surface area contributed by atoms with Gasteiger partial charge in [-0.15, -0.1) is 0 Å². The summed E-state index contributed by atoms with van der Waals surface area (Å²) in [5.41, 5.74) is 1.49. The Hall–Kier alpha value is -0.830. The molecule has 3 nitrogen and oxygen atoms in total. The summed E-state index contributed by atoms with van der Waals surface area (Å²) in [7, 11) is 1.79. The van der Waals surface area contributed by atoms with Gasteiger partial charge in [0.15, 0.2) is 0 Å². The lowest BCUT2D eigenvalue weighted by atomic mass is 9.99. The molecule has 0 amide bonds. The van der Waals surface area contributed by atoms with E-state index in [-0.39, 0.29) is 5.41 Å². The minimum Gasteiger partial charge on any atom is -0.302 e. The second kappa shape index (κ2) is 2.58. The first-order chi connectivity index (χ1) is 6.10. The Morgan fingerprint density at radius 3 is 2.54 bits per heavy atom. The third-order valence-electron chi connectivity index (χ3n) is 2.66. The summed E-state index contributed by atoms with van der Waals surface area (Å²) in [4.78, 5) is 10.9. The molecule has 13 heavy (non-hydrogen) atoms. The lowest BCUT2D eigenvalue weighted by Gasteiger charge is -2.05. The second-order valence-corrected chi connectivity index (χ2v) is 4.01. The third kappa shape index (κ3) is 1.10. The van der Waals surface area contributed by atoms with Crippen LogP contribution in [-0.2, 0) is 17.3 Å². The average molecular weight is 199 g/mol. The number of carbonyl (C=O) groups is 1. The number of aryl methyl sites for hydroxylation is 2. The van der Waals surface area contributed by atoms with Crippen LogP contribution >= 0.6 is 11.6 Å². The van der Waals surface area contributed by atoms with Crippen molar-refractivity contribution in [1.29, 1.82) is 0 Å². The zero-order valence-electron chi connectivity index (χ0n) is 7.67. The minimum atomic E-state index is -0.310. The number of aldehydes is 1. The highest BCUT2D eigenvalue weighted by atomic mass is 35.5. The Bertz CT molecular complexity index is 366. The van der Waals surface area contributed by atoms with E-state index in [0.717, 1.165) is 30.4 Å². The minimum absolute atomic E-state index is 0.310. The maximum absolute atomic E-state index is 10.9. The number of aromatic nitrogens is 2. The fourth-order valence-corrected chi connectivity index (χ4v) is 2.12. The van der Waals surface area contributed by atoms with E-state index in [4.69, 9.17) is 11.6 Å². The van der Waals surface area contributed by atoms with Gasteiger partial charge in [0.05, 0.1) is 11.1 Å². The Morgan fingerprint density at radius 1 is 1.62 bits per heavy atom. The largest absolute Gasteiger partial charge is 0.302 e. The monoisotopic (exact) mass is 198 g/mol. The van der Waals surface area contributed by atoms with Crippen LogP contribution in [0.2, 0.25) is 5.15 Å². The number of nitrogens with zero attached hydrogens (tertiary/aromatic N) is 2. The molecule has 0 aromatic carbocycles. The van der Waals surface area contributed by atoms with E-state index in [1.54, 1.807) is 11.7 Å². The molecule has 0 unspecified atom stereocenters. The summed E-state index contributed by atoms with van der Waals surface area (Å²) in [6, 6.07) is 0. The molecular formula is C9H11ClN2O. The van der Waals surface area contributed by atoms with Crippen molar-refractivity contribution in [3.63, 3.8) is 0 Å². The first-order valence-electron chi connectivity index (χ1n) is 4.26. The van der Waals surface area contributed by atoms with Gasteiger partial charge in [-0.25, -0.2) is 0 Å². The van der Waals surface area contributed by atoms with Crippen LogP contribution in [0.1, 0.15) is 24.1 Å². The molecule has 1 aliphatic carbocycles. The van der Waals surface area contributed by atoms with Crippen LogP contribution in [0.5, 0.6) is 0 Å². The van der Waals surface area contributed by atoms with Gasteiger partial charge >= 0.3 is 0 Å². The number of hydrogen-bond donors (Lipinski definition) is 0. The van der Waals surface area contributed by atoms with Crippen LogP contribution in [0.15, 0.2) is 0 Å². The predicted octanol–water partition coefficient (Wildman–Crippen LogP) is 1.61. The second-order valence-electron chi connectivity index (χ2n) is 3.65. The molecule has 0 aliphatic heterocycles. The van der Waals surface area contributed by atoms with Crippen molar-refractivity contribution in [2.24, 2.45) is 7.05 Å². The van der Waals surface area contributed by atoms with Crippen LogP contribution in [0.3, 0.4) is 0 Å². The van der Waals surface area contributed by atoms with Crippen LogP contribution in [-0.4, -0.2) is 16.1 Å². The van der Waals surface area contributed by atoms with Gasteiger partial charge in [0.1, 0.15) is 11.4 Å².